The SMILES string of the molecule is CCCCOc1cccc2c(NC(=O)c3cc4ccccc4cc3O)cccc12. The van der Waals surface area contributed by atoms with Crippen molar-refractivity contribution in [1.29, 1.82) is 0 Å². The van der Waals surface area contributed by atoms with Crippen molar-refractivity contribution < 1.29 is 14.6 Å². The van der Waals surface area contributed by atoms with Gasteiger partial charge in [0.05, 0.1) is 12.2 Å². The minimum Gasteiger partial charge on any atom is -0.507 e. The predicted octanol–water partition coefficient (Wildman–Crippen LogP) is 6.13. The van der Waals surface area contributed by atoms with Gasteiger partial charge in [-0.05, 0) is 41.5 Å². The summed E-state index contributed by atoms with van der Waals surface area (Å²) < 4.78 is 5.92. The molecule has 0 saturated carbocycles. The normalized spacial score (nSPS) is 10.9. The van der Waals surface area contributed by atoms with Crippen LogP contribution in [0.2, 0.25) is 0 Å². The highest BCUT2D eigenvalue weighted by Gasteiger charge is 2.14. The molecule has 0 aliphatic carbocycles. The smallest absolute Gasteiger partial charge is 0.259 e. The van der Waals surface area contributed by atoms with E-state index < -0.39 is 0 Å². The number of amides is 1. The summed E-state index contributed by atoms with van der Waals surface area (Å²) in [7, 11) is 0. The van der Waals surface area contributed by atoms with Gasteiger partial charge < -0.3 is 15.2 Å². The molecule has 0 unspecified atom stereocenters. The van der Waals surface area contributed by atoms with Crippen molar-refractivity contribution in [2.75, 3.05) is 11.9 Å². The molecule has 0 bridgehead atoms. The number of benzene rings is 4. The molecular weight excluding hydrogens is 362 g/mol. The van der Waals surface area contributed by atoms with Crippen LogP contribution in [0.1, 0.15) is 30.1 Å². The average Bonchev–Trinajstić information content (AvgIpc) is 2.74. The van der Waals surface area contributed by atoms with Gasteiger partial charge in [-0.2, -0.15) is 0 Å². The van der Waals surface area contributed by atoms with E-state index in [1.54, 1.807) is 12.1 Å². The number of phenols is 1. The number of anilines is 1. The fraction of sp³-hybridized carbons (Fsp3) is 0.160. The lowest BCUT2D eigenvalue weighted by molar-refractivity contribution is 0.102. The molecule has 0 aromatic heterocycles. The summed E-state index contributed by atoms with van der Waals surface area (Å²) in [5, 5.41) is 16.9. The van der Waals surface area contributed by atoms with Crippen molar-refractivity contribution in [3.05, 3.63) is 78.4 Å². The Balaban J connectivity index is 1.66. The van der Waals surface area contributed by atoms with Gasteiger partial charge in [0.15, 0.2) is 0 Å². The Morgan fingerprint density at radius 2 is 1.66 bits per heavy atom. The van der Waals surface area contributed by atoms with E-state index in [2.05, 4.69) is 12.2 Å². The second-order valence-corrected chi connectivity index (χ2v) is 7.03. The van der Waals surface area contributed by atoms with Gasteiger partial charge in [-0.25, -0.2) is 0 Å². The second-order valence-electron chi connectivity index (χ2n) is 7.03. The van der Waals surface area contributed by atoms with Gasteiger partial charge in [0.2, 0.25) is 0 Å². The monoisotopic (exact) mass is 385 g/mol. The second kappa shape index (κ2) is 8.23. The van der Waals surface area contributed by atoms with E-state index in [9.17, 15) is 9.90 Å². The number of hydrogen-bond donors (Lipinski definition) is 2. The Kier molecular flexibility index (Phi) is 5.34. The summed E-state index contributed by atoms with van der Waals surface area (Å²) in [4.78, 5) is 12.9. The Labute approximate surface area is 169 Å². The van der Waals surface area contributed by atoms with Crippen LogP contribution in [0.3, 0.4) is 0 Å². The zero-order chi connectivity index (χ0) is 20.2. The average molecular weight is 385 g/mol. The van der Waals surface area contributed by atoms with Crippen LogP contribution in [0, 0.1) is 0 Å². The first-order chi connectivity index (χ1) is 14.2. The molecule has 4 aromatic rings. The summed E-state index contributed by atoms with van der Waals surface area (Å²) in [5.74, 6) is 0.420. The number of phenolic OH excluding ortho intramolecular Hbond substituents is 1. The van der Waals surface area contributed by atoms with Gasteiger partial charge in [-0.15, -0.1) is 0 Å². The first-order valence-electron chi connectivity index (χ1n) is 9.85. The van der Waals surface area contributed by atoms with Crippen molar-refractivity contribution in [1.82, 2.24) is 0 Å². The summed E-state index contributed by atoms with van der Waals surface area (Å²) in [6.07, 6.45) is 2.06. The standard InChI is InChI=1S/C25H23NO3/c1-2-3-14-29-24-13-7-10-19-20(24)11-6-12-22(19)26-25(28)21-15-17-8-4-5-9-18(17)16-23(21)27/h4-13,15-16,27H,2-3,14H2,1H3,(H,26,28). The fourth-order valence-electron chi connectivity index (χ4n) is 3.44. The molecule has 4 heteroatoms. The van der Waals surface area contributed by atoms with Crippen LogP contribution < -0.4 is 10.1 Å². The van der Waals surface area contributed by atoms with Crippen LogP contribution in [0.5, 0.6) is 11.5 Å². The van der Waals surface area contributed by atoms with E-state index in [4.69, 9.17) is 4.74 Å². The zero-order valence-corrected chi connectivity index (χ0v) is 16.3. The molecule has 1 amide bonds. The summed E-state index contributed by atoms with van der Waals surface area (Å²) in [5.41, 5.74) is 0.928. The number of carbonyl (C=O) groups excluding carboxylic acids is 1. The van der Waals surface area contributed by atoms with Crippen molar-refractivity contribution in [3.8, 4) is 11.5 Å². The Morgan fingerprint density at radius 1 is 0.931 bits per heavy atom. The van der Waals surface area contributed by atoms with Crippen LogP contribution in [0.25, 0.3) is 21.5 Å². The molecule has 0 radical (unpaired) electrons. The predicted molar refractivity (Wildman–Crippen MR) is 118 cm³/mol. The van der Waals surface area contributed by atoms with Gasteiger partial charge in [-0.3, -0.25) is 4.79 Å². The van der Waals surface area contributed by atoms with Crippen molar-refractivity contribution in [2.45, 2.75) is 19.8 Å². The number of carbonyl (C=O) groups is 1. The molecule has 0 saturated heterocycles. The number of nitrogens with one attached hydrogen (secondary N) is 1. The largest absolute Gasteiger partial charge is 0.507 e. The molecular formula is C25H23NO3. The molecule has 0 heterocycles. The van der Waals surface area contributed by atoms with Crippen molar-refractivity contribution >= 4 is 33.1 Å². The zero-order valence-electron chi connectivity index (χ0n) is 16.3. The van der Waals surface area contributed by atoms with Crippen LogP contribution in [-0.2, 0) is 0 Å². The minimum absolute atomic E-state index is 0.0370. The van der Waals surface area contributed by atoms with Crippen molar-refractivity contribution in [2.24, 2.45) is 0 Å². The number of unbranched alkanes of at least 4 members (excludes halogenated alkanes) is 1. The van der Waals surface area contributed by atoms with Gasteiger partial charge in [0, 0.05) is 16.5 Å². The molecule has 146 valence electrons. The summed E-state index contributed by atoms with van der Waals surface area (Å²) >= 11 is 0. The van der Waals surface area contributed by atoms with Crippen LogP contribution in [-0.4, -0.2) is 17.6 Å². The van der Waals surface area contributed by atoms with E-state index in [-0.39, 0.29) is 17.2 Å². The highest BCUT2D eigenvalue weighted by atomic mass is 16.5. The first kappa shape index (κ1) is 18.8. The number of hydrogen-bond acceptors (Lipinski definition) is 3. The van der Waals surface area contributed by atoms with E-state index in [1.165, 1.54) is 0 Å². The number of ether oxygens (including phenoxy) is 1. The molecule has 0 fully saturated rings. The van der Waals surface area contributed by atoms with E-state index >= 15 is 0 Å². The quantitative estimate of drug-likeness (QED) is 0.393. The third kappa shape index (κ3) is 3.87. The molecule has 0 aliphatic heterocycles. The summed E-state index contributed by atoms with van der Waals surface area (Å²) in [6.45, 7) is 2.79. The molecule has 4 aromatic carbocycles. The van der Waals surface area contributed by atoms with Crippen LogP contribution >= 0.6 is 0 Å². The number of rotatable bonds is 6. The van der Waals surface area contributed by atoms with E-state index in [0.717, 1.165) is 40.1 Å². The fourth-order valence-corrected chi connectivity index (χ4v) is 3.44. The lowest BCUT2D eigenvalue weighted by Gasteiger charge is -2.13. The number of aromatic hydroxyl groups is 1. The highest BCUT2D eigenvalue weighted by molar-refractivity contribution is 6.12. The molecule has 2 N–H and O–H groups in total. The maximum Gasteiger partial charge on any atom is 0.259 e. The Bertz CT molecular complexity index is 1180. The topological polar surface area (TPSA) is 58.6 Å². The van der Waals surface area contributed by atoms with Crippen LogP contribution in [0.4, 0.5) is 5.69 Å². The summed E-state index contributed by atoms with van der Waals surface area (Å²) in [6, 6.07) is 22.5. The maximum atomic E-state index is 12.9. The lowest BCUT2D eigenvalue weighted by Crippen LogP contribution is -2.12. The first-order valence-corrected chi connectivity index (χ1v) is 9.85. The lowest BCUT2D eigenvalue weighted by atomic mass is 10.0. The maximum absolute atomic E-state index is 12.9. The van der Waals surface area contributed by atoms with Gasteiger partial charge >= 0.3 is 0 Å². The molecule has 0 aliphatic rings. The molecule has 0 atom stereocenters. The van der Waals surface area contributed by atoms with Crippen molar-refractivity contribution in [3.63, 3.8) is 0 Å². The molecule has 0 spiro atoms. The Hall–Kier alpha value is -3.53. The highest BCUT2D eigenvalue weighted by Crippen LogP contribution is 2.32. The minimum atomic E-state index is -0.349. The van der Waals surface area contributed by atoms with Gasteiger partial charge in [0.1, 0.15) is 11.5 Å². The molecule has 4 nitrogen and oxygen atoms in total. The molecule has 29 heavy (non-hydrogen) atoms. The van der Waals surface area contributed by atoms with Gasteiger partial charge in [-0.1, -0.05) is 61.9 Å². The third-order valence-electron chi connectivity index (χ3n) is 4.99. The van der Waals surface area contributed by atoms with Crippen LogP contribution in [0.15, 0.2) is 72.8 Å². The third-order valence-corrected chi connectivity index (χ3v) is 4.99. The van der Waals surface area contributed by atoms with Gasteiger partial charge in [0.25, 0.3) is 5.91 Å². The van der Waals surface area contributed by atoms with E-state index in [0.29, 0.717) is 12.3 Å². The number of fused-ring (bicyclic) bond motifs is 2. The molecule has 4 rings (SSSR count). The van der Waals surface area contributed by atoms with E-state index in [1.807, 2.05) is 60.7 Å². The Morgan fingerprint density at radius 3 is 2.45 bits per heavy atom.